The molecule has 0 saturated carbocycles. The molecule has 0 saturated heterocycles. The normalized spacial score (nSPS) is 13.3. The summed E-state index contributed by atoms with van der Waals surface area (Å²) >= 11 is 0. The largest absolute Gasteiger partial charge is 0.486 e. The number of halogens is 1. The molecule has 3 aromatic carbocycles. The zero-order chi connectivity index (χ0) is 29.8. The number of rotatable bonds is 7. The molecule has 2 aliphatic carbocycles. The number of fused-ring (bicyclic) bond motifs is 6. The molecular formula is C32H21FN4O6. The molecule has 43 heavy (non-hydrogen) atoms. The minimum Gasteiger partial charge on any atom is -0.486 e. The number of H-pyrrole nitrogens is 1. The Balaban J connectivity index is 1.26. The van der Waals surface area contributed by atoms with Gasteiger partial charge in [-0.3, -0.25) is 23.7 Å². The van der Waals surface area contributed by atoms with Gasteiger partial charge in [-0.05, 0) is 48.9 Å². The van der Waals surface area contributed by atoms with E-state index in [9.17, 15) is 23.6 Å². The van der Waals surface area contributed by atoms with Crippen molar-refractivity contribution in [3.05, 3.63) is 106 Å². The monoisotopic (exact) mass is 576 g/mol. The molecule has 0 atom stereocenters. The Kier molecular flexibility index (Phi) is 6.08. The van der Waals surface area contributed by atoms with Gasteiger partial charge in [0.2, 0.25) is 11.6 Å². The first kappa shape index (κ1) is 26.2. The fourth-order valence-corrected chi connectivity index (χ4v) is 5.39. The van der Waals surface area contributed by atoms with Crippen molar-refractivity contribution < 1.29 is 33.0 Å². The molecule has 7 rings (SSSR count). The average molecular weight is 577 g/mol. The molecular weight excluding hydrogens is 555 g/mol. The summed E-state index contributed by atoms with van der Waals surface area (Å²) in [7, 11) is 0. The van der Waals surface area contributed by atoms with E-state index in [2.05, 4.69) is 15.0 Å². The zero-order valence-corrected chi connectivity index (χ0v) is 22.6. The van der Waals surface area contributed by atoms with Crippen LogP contribution in [-0.2, 0) is 13.2 Å². The Morgan fingerprint density at radius 3 is 2.26 bits per heavy atom. The summed E-state index contributed by atoms with van der Waals surface area (Å²) in [6.07, 6.45) is 0. The van der Waals surface area contributed by atoms with Crippen LogP contribution in [0.3, 0.4) is 0 Å². The Hall–Kier alpha value is -5.71. The maximum atomic E-state index is 13.3. The van der Waals surface area contributed by atoms with E-state index in [1.54, 1.807) is 54.0 Å². The van der Waals surface area contributed by atoms with Crippen LogP contribution in [0, 0.1) is 5.82 Å². The quantitative estimate of drug-likeness (QED) is 0.272. The predicted molar refractivity (Wildman–Crippen MR) is 150 cm³/mol. The maximum Gasteiger partial charge on any atom is 0.297 e. The van der Waals surface area contributed by atoms with E-state index < -0.39 is 29.0 Å². The van der Waals surface area contributed by atoms with Crippen LogP contribution in [0.2, 0.25) is 0 Å². The molecule has 0 fully saturated rings. The van der Waals surface area contributed by atoms with Gasteiger partial charge in [-0.1, -0.05) is 30.3 Å². The number of imidazole rings is 2. The number of benzene rings is 3. The number of nitrogens with one attached hydrogen (secondary N) is 1. The molecule has 5 aromatic rings. The number of hydrogen-bond donors (Lipinski definition) is 1. The van der Waals surface area contributed by atoms with Gasteiger partial charge >= 0.3 is 0 Å². The molecule has 2 heterocycles. The third-order valence-electron chi connectivity index (χ3n) is 7.35. The Labute approximate surface area is 243 Å². The van der Waals surface area contributed by atoms with Crippen molar-refractivity contribution in [2.45, 2.75) is 20.1 Å². The fourth-order valence-electron chi connectivity index (χ4n) is 5.39. The van der Waals surface area contributed by atoms with E-state index >= 15 is 0 Å². The van der Waals surface area contributed by atoms with Crippen molar-refractivity contribution in [3.63, 3.8) is 0 Å². The number of ketones is 4. The summed E-state index contributed by atoms with van der Waals surface area (Å²) in [6, 6.07) is 17.4. The minimum atomic E-state index is -0.721. The standard InChI is InChI=1S/C32H21FN4O6/c1-2-42-32-36-25-19-5-3-4-6-20(19)29(39)31(41)27(25)37(32)14-16-7-12-21-22(13-16)24-26(30(40)28(21)38)35-23(34-24)15-43-18-10-8-17(33)9-11-18/h3-13H,2,14-15H2,1H3,(H,34,35). The van der Waals surface area contributed by atoms with Crippen molar-refractivity contribution >= 4 is 23.1 Å². The third-order valence-corrected chi connectivity index (χ3v) is 7.35. The fraction of sp³-hybridized carbons (Fsp3) is 0.125. The Morgan fingerprint density at radius 1 is 0.767 bits per heavy atom. The first-order chi connectivity index (χ1) is 20.8. The van der Waals surface area contributed by atoms with Gasteiger partial charge in [-0.2, -0.15) is 4.98 Å². The van der Waals surface area contributed by atoms with Crippen LogP contribution in [0.15, 0.2) is 66.7 Å². The van der Waals surface area contributed by atoms with Crippen LogP contribution in [0.4, 0.5) is 4.39 Å². The number of aromatic nitrogens is 4. The number of Topliss-reactive ketones (excluding diaryl/α,β-unsaturated/α-hetero) is 4. The molecule has 0 unspecified atom stereocenters. The van der Waals surface area contributed by atoms with E-state index in [1.807, 2.05) is 0 Å². The summed E-state index contributed by atoms with van der Waals surface area (Å²) in [5.41, 5.74) is 2.93. The molecule has 1 N–H and O–H groups in total. The predicted octanol–water partition coefficient (Wildman–Crippen LogP) is 4.86. The van der Waals surface area contributed by atoms with Crippen LogP contribution < -0.4 is 9.47 Å². The number of carbonyl (C=O) groups excluding carboxylic acids is 4. The third kappa shape index (κ3) is 4.24. The van der Waals surface area contributed by atoms with Gasteiger partial charge in [-0.25, -0.2) is 9.37 Å². The van der Waals surface area contributed by atoms with Crippen LogP contribution in [0.5, 0.6) is 11.8 Å². The van der Waals surface area contributed by atoms with Crippen LogP contribution in [0.1, 0.15) is 60.0 Å². The SMILES string of the molecule is CCOc1nc2c(n1Cc1ccc3c(c1)-c1nc(COc4ccc(F)cc4)[nH]c1C(=O)C3=O)C(=O)C(=O)c1ccccc1-2. The molecule has 0 aliphatic heterocycles. The van der Waals surface area contributed by atoms with Crippen molar-refractivity contribution in [1.82, 2.24) is 19.5 Å². The summed E-state index contributed by atoms with van der Waals surface area (Å²) in [4.78, 5) is 64.1. The van der Waals surface area contributed by atoms with Crippen molar-refractivity contribution in [2.24, 2.45) is 0 Å². The second kappa shape index (κ2) is 9.98. The van der Waals surface area contributed by atoms with Gasteiger partial charge in [-0.15, -0.1) is 0 Å². The molecule has 0 bridgehead atoms. The highest BCUT2D eigenvalue weighted by molar-refractivity contribution is 6.53. The van der Waals surface area contributed by atoms with E-state index in [4.69, 9.17) is 9.47 Å². The summed E-state index contributed by atoms with van der Waals surface area (Å²) in [5.74, 6) is -2.41. The molecule has 11 heteroatoms. The smallest absolute Gasteiger partial charge is 0.297 e. The number of aromatic amines is 1. The average Bonchev–Trinajstić information content (AvgIpc) is 3.61. The maximum absolute atomic E-state index is 13.3. The van der Waals surface area contributed by atoms with E-state index in [1.165, 1.54) is 24.3 Å². The Morgan fingerprint density at radius 2 is 1.49 bits per heavy atom. The van der Waals surface area contributed by atoms with Crippen molar-refractivity contribution in [1.29, 1.82) is 0 Å². The highest BCUT2D eigenvalue weighted by atomic mass is 19.1. The summed E-state index contributed by atoms with van der Waals surface area (Å²) in [5, 5.41) is 0. The van der Waals surface area contributed by atoms with Crippen LogP contribution >= 0.6 is 0 Å². The lowest BCUT2D eigenvalue weighted by molar-refractivity contribution is 0.0809. The van der Waals surface area contributed by atoms with Gasteiger partial charge in [0.25, 0.3) is 17.6 Å². The highest BCUT2D eigenvalue weighted by Crippen LogP contribution is 2.37. The molecule has 2 aliphatic rings. The van der Waals surface area contributed by atoms with E-state index in [0.29, 0.717) is 34.0 Å². The lowest BCUT2D eigenvalue weighted by Gasteiger charge is -2.17. The van der Waals surface area contributed by atoms with Gasteiger partial charge in [0.1, 0.15) is 46.8 Å². The lowest BCUT2D eigenvalue weighted by atomic mass is 9.88. The van der Waals surface area contributed by atoms with Crippen molar-refractivity contribution in [3.8, 4) is 34.3 Å². The first-order valence-corrected chi connectivity index (χ1v) is 13.4. The summed E-state index contributed by atoms with van der Waals surface area (Å²) in [6.45, 7) is 2.11. The molecule has 212 valence electrons. The molecule has 0 spiro atoms. The zero-order valence-electron chi connectivity index (χ0n) is 22.6. The first-order valence-electron chi connectivity index (χ1n) is 13.4. The lowest BCUT2D eigenvalue weighted by Crippen LogP contribution is -2.24. The van der Waals surface area contributed by atoms with E-state index in [0.717, 1.165) is 0 Å². The minimum absolute atomic E-state index is 0.0414. The number of hydrogen-bond acceptors (Lipinski definition) is 8. The molecule has 0 amide bonds. The highest BCUT2D eigenvalue weighted by Gasteiger charge is 2.37. The number of ether oxygens (including phenoxy) is 2. The van der Waals surface area contributed by atoms with Gasteiger partial charge in [0.15, 0.2) is 0 Å². The molecule has 0 radical (unpaired) electrons. The van der Waals surface area contributed by atoms with Crippen LogP contribution in [-0.4, -0.2) is 49.3 Å². The second-order valence-electron chi connectivity index (χ2n) is 10.0. The topological polar surface area (TPSA) is 133 Å². The van der Waals surface area contributed by atoms with Gasteiger partial charge in [0, 0.05) is 22.3 Å². The molecule has 10 nitrogen and oxygen atoms in total. The number of nitrogens with zero attached hydrogens (tertiary/aromatic N) is 3. The van der Waals surface area contributed by atoms with Gasteiger partial charge < -0.3 is 14.5 Å². The van der Waals surface area contributed by atoms with Crippen LogP contribution in [0.25, 0.3) is 22.5 Å². The number of carbonyl (C=O) groups is 4. The van der Waals surface area contributed by atoms with Gasteiger partial charge in [0.05, 0.1) is 13.2 Å². The second-order valence-corrected chi connectivity index (χ2v) is 10.0. The van der Waals surface area contributed by atoms with E-state index in [-0.39, 0.29) is 54.0 Å². The summed E-state index contributed by atoms with van der Waals surface area (Å²) < 4.78 is 26.2. The Bertz CT molecular complexity index is 2010. The van der Waals surface area contributed by atoms with Crippen molar-refractivity contribution in [2.75, 3.05) is 6.61 Å². The molecule has 2 aromatic heterocycles.